The van der Waals surface area contributed by atoms with Gasteiger partial charge in [-0.3, -0.25) is 14.6 Å². The van der Waals surface area contributed by atoms with E-state index in [0.29, 0.717) is 19.1 Å². The Labute approximate surface area is 141 Å². The monoisotopic (exact) mass is 332 g/mol. The van der Waals surface area contributed by atoms with Gasteiger partial charge < -0.3 is 15.4 Å². The van der Waals surface area contributed by atoms with E-state index < -0.39 is 0 Å². The molecule has 3 rings (SSSR count). The van der Waals surface area contributed by atoms with Crippen LogP contribution in [-0.4, -0.2) is 46.1 Å². The van der Waals surface area contributed by atoms with Crippen LogP contribution in [0.25, 0.3) is 0 Å². The van der Waals surface area contributed by atoms with Crippen LogP contribution in [0.5, 0.6) is 0 Å². The van der Waals surface area contributed by atoms with E-state index in [4.69, 9.17) is 4.74 Å². The van der Waals surface area contributed by atoms with E-state index in [2.05, 4.69) is 25.9 Å². The number of rotatable bonds is 7. The van der Waals surface area contributed by atoms with Crippen molar-refractivity contribution in [2.75, 3.05) is 20.2 Å². The minimum atomic E-state index is -0.0747. The van der Waals surface area contributed by atoms with Crippen LogP contribution in [0.3, 0.4) is 0 Å². The van der Waals surface area contributed by atoms with E-state index in [0.717, 1.165) is 36.6 Å². The predicted octanol–water partition coefficient (Wildman–Crippen LogP) is 0.536. The Bertz CT molecular complexity index is 659. The molecule has 3 heterocycles. The zero-order chi connectivity index (χ0) is 16.8. The van der Waals surface area contributed by atoms with Crippen LogP contribution in [0.15, 0.2) is 18.3 Å². The van der Waals surface area contributed by atoms with E-state index in [9.17, 15) is 4.79 Å². The molecule has 0 unspecified atom stereocenters. The molecule has 0 aliphatic carbocycles. The summed E-state index contributed by atoms with van der Waals surface area (Å²) in [5.41, 5.74) is 2.73. The molecule has 2 aromatic rings. The zero-order valence-corrected chi connectivity index (χ0v) is 13.9. The van der Waals surface area contributed by atoms with Gasteiger partial charge in [0.15, 0.2) is 0 Å². The van der Waals surface area contributed by atoms with Gasteiger partial charge in [0, 0.05) is 25.8 Å². The molecule has 2 aromatic heterocycles. The molecule has 0 spiro atoms. The van der Waals surface area contributed by atoms with Crippen molar-refractivity contribution in [3.05, 3.63) is 35.4 Å². The van der Waals surface area contributed by atoms with E-state index in [-0.39, 0.29) is 12.5 Å². The van der Waals surface area contributed by atoms with Crippen molar-refractivity contribution in [1.82, 2.24) is 30.6 Å². The lowest BCUT2D eigenvalue weighted by atomic mass is 9.97. The Morgan fingerprint density at radius 3 is 3.25 bits per heavy atom. The zero-order valence-electron chi connectivity index (χ0n) is 13.9. The molecule has 3 N–H and O–H groups in total. The van der Waals surface area contributed by atoms with Gasteiger partial charge >= 0.3 is 0 Å². The van der Waals surface area contributed by atoms with Gasteiger partial charge in [-0.1, -0.05) is 0 Å². The number of ether oxygens (including phenoxy) is 1. The van der Waals surface area contributed by atoms with Crippen LogP contribution < -0.4 is 10.6 Å². The summed E-state index contributed by atoms with van der Waals surface area (Å²) in [7, 11) is 1.62. The first-order valence-corrected chi connectivity index (χ1v) is 8.27. The Kier molecular flexibility index (Phi) is 5.60. The van der Waals surface area contributed by atoms with E-state index in [1.165, 1.54) is 6.42 Å². The van der Waals surface area contributed by atoms with Crippen LogP contribution in [0, 0.1) is 0 Å². The third-order valence-electron chi connectivity index (χ3n) is 4.13. The summed E-state index contributed by atoms with van der Waals surface area (Å²) in [6, 6.07) is 3.89. The van der Waals surface area contributed by atoms with Crippen LogP contribution in [0.2, 0.25) is 0 Å². The highest BCUT2D eigenvalue weighted by Crippen LogP contribution is 2.21. The van der Waals surface area contributed by atoms with E-state index in [1.807, 2.05) is 18.3 Å². The first-order chi connectivity index (χ1) is 11.7. The molecule has 1 amide bonds. The lowest BCUT2D eigenvalue weighted by molar-refractivity contribution is -0.122. The summed E-state index contributed by atoms with van der Waals surface area (Å²) in [6.07, 6.45) is 4.20. The highest BCUT2D eigenvalue weighted by Gasteiger charge is 2.17. The van der Waals surface area contributed by atoms with Gasteiger partial charge in [-0.15, -0.1) is 0 Å². The van der Waals surface area contributed by atoms with Crippen molar-refractivity contribution < 1.29 is 9.53 Å². The second kappa shape index (κ2) is 8.07. The van der Waals surface area contributed by atoms with Crippen molar-refractivity contribution in [2.24, 2.45) is 0 Å². The maximum atomic E-state index is 12.1. The Balaban J connectivity index is 1.46. The number of amides is 1. The van der Waals surface area contributed by atoms with Gasteiger partial charge in [0.05, 0.1) is 30.2 Å². The second-order valence-corrected chi connectivity index (χ2v) is 6.08. The molecule has 1 atom stereocenters. The number of aromatic nitrogens is 4. The Hall–Kier alpha value is -2.19. The first kappa shape index (κ1) is 16.7. The normalized spacial score (nSPS) is 17.8. The SMILES string of the molecule is COCc1cc(CNC(=O)Cn2ccc([C@@H]3CCCNC3)n2)[nH]n1. The quantitative estimate of drug-likeness (QED) is 0.687. The highest BCUT2D eigenvalue weighted by atomic mass is 16.5. The number of H-pyrrole nitrogens is 1. The number of piperidine rings is 1. The molecular weight excluding hydrogens is 308 g/mol. The molecule has 1 fully saturated rings. The van der Waals surface area contributed by atoms with Gasteiger partial charge in [0.1, 0.15) is 6.54 Å². The molecule has 0 aromatic carbocycles. The fourth-order valence-electron chi connectivity index (χ4n) is 2.91. The average molecular weight is 332 g/mol. The van der Waals surface area contributed by atoms with Crippen molar-refractivity contribution in [1.29, 1.82) is 0 Å². The lowest BCUT2D eigenvalue weighted by Gasteiger charge is -2.20. The highest BCUT2D eigenvalue weighted by molar-refractivity contribution is 5.75. The minimum Gasteiger partial charge on any atom is -0.378 e. The average Bonchev–Trinajstić information content (AvgIpc) is 3.24. The number of hydrogen-bond donors (Lipinski definition) is 3. The molecule has 0 bridgehead atoms. The Morgan fingerprint density at radius 2 is 2.46 bits per heavy atom. The molecule has 0 saturated carbocycles. The maximum absolute atomic E-state index is 12.1. The van der Waals surface area contributed by atoms with Crippen molar-refractivity contribution in [3.8, 4) is 0 Å². The molecule has 24 heavy (non-hydrogen) atoms. The van der Waals surface area contributed by atoms with Gasteiger partial charge in [0.2, 0.25) is 5.91 Å². The number of nitrogens with zero attached hydrogens (tertiary/aromatic N) is 3. The van der Waals surface area contributed by atoms with Crippen LogP contribution in [0.4, 0.5) is 0 Å². The fourth-order valence-corrected chi connectivity index (χ4v) is 2.91. The molecule has 1 saturated heterocycles. The molecule has 1 aliphatic rings. The molecular formula is C16H24N6O2. The number of nitrogens with one attached hydrogen (secondary N) is 3. The van der Waals surface area contributed by atoms with Gasteiger partial charge in [-0.2, -0.15) is 10.2 Å². The molecule has 8 heteroatoms. The third-order valence-corrected chi connectivity index (χ3v) is 4.13. The smallest absolute Gasteiger partial charge is 0.242 e. The lowest BCUT2D eigenvalue weighted by Crippen LogP contribution is -2.29. The van der Waals surface area contributed by atoms with Gasteiger partial charge in [-0.25, -0.2) is 0 Å². The number of hydrogen-bond acceptors (Lipinski definition) is 5. The Morgan fingerprint density at radius 1 is 1.54 bits per heavy atom. The molecule has 1 aliphatic heterocycles. The van der Waals surface area contributed by atoms with E-state index >= 15 is 0 Å². The number of aromatic amines is 1. The number of methoxy groups -OCH3 is 1. The third kappa shape index (κ3) is 4.42. The van der Waals surface area contributed by atoms with Crippen molar-refractivity contribution in [2.45, 2.75) is 38.5 Å². The summed E-state index contributed by atoms with van der Waals surface area (Å²) in [5.74, 6) is 0.376. The van der Waals surface area contributed by atoms with Crippen LogP contribution in [-0.2, 0) is 29.2 Å². The summed E-state index contributed by atoms with van der Waals surface area (Å²) in [4.78, 5) is 12.1. The minimum absolute atomic E-state index is 0.0747. The summed E-state index contributed by atoms with van der Waals surface area (Å²) in [6.45, 7) is 3.14. The second-order valence-electron chi connectivity index (χ2n) is 6.08. The van der Waals surface area contributed by atoms with Crippen LogP contribution >= 0.6 is 0 Å². The van der Waals surface area contributed by atoms with Gasteiger partial charge in [0.25, 0.3) is 0 Å². The first-order valence-electron chi connectivity index (χ1n) is 8.27. The number of carbonyl (C=O) groups is 1. The number of carbonyl (C=O) groups excluding carboxylic acids is 1. The topological polar surface area (TPSA) is 96.9 Å². The molecule has 130 valence electrons. The summed E-state index contributed by atoms with van der Waals surface area (Å²) < 4.78 is 6.71. The fraction of sp³-hybridized carbons (Fsp3) is 0.562. The largest absolute Gasteiger partial charge is 0.378 e. The van der Waals surface area contributed by atoms with Crippen molar-refractivity contribution in [3.63, 3.8) is 0 Å². The van der Waals surface area contributed by atoms with E-state index in [1.54, 1.807) is 11.8 Å². The van der Waals surface area contributed by atoms with Crippen molar-refractivity contribution >= 4 is 5.91 Å². The molecule has 8 nitrogen and oxygen atoms in total. The predicted molar refractivity (Wildman–Crippen MR) is 88.2 cm³/mol. The van der Waals surface area contributed by atoms with Gasteiger partial charge in [-0.05, 0) is 31.5 Å². The summed E-state index contributed by atoms with van der Waals surface area (Å²) >= 11 is 0. The van der Waals surface area contributed by atoms with Crippen LogP contribution in [0.1, 0.15) is 35.8 Å². The maximum Gasteiger partial charge on any atom is 0.242 e. The standard InChI is InChI=1S/C16H24N6O2/c1-24-11-14-7-13(19-20-14)9-18-16(23)10-22-6-4-15(21-22)12-3-2-5-17-8-12/h4,6-7,12,17H,2-3,5,8-11H2,1H3,(H,18,23)(H,19,20)/t12-/m1/s1. The summed E-state index contributed by atoms with van der Waals surface area (Å²) in [5, 5.41) is 17.8. The molecule has 0 radical (unpaired) electrons.